The van der Waals surface area contributed by atoms with Gasteiger partial charge in [-0.25, -0.2) is 8.78 Å². The van der Waals surface area contributed by atoms with E-state index in [9.17, 15) is 9.59 Å². The number of alkyl halides is 2. The SMILES string of the molecule is CC(=O)N1CCc2c(c(N3CCCc4cc(-c5cn(CC(=O)OC(C)(C)C)c6c(Cl)cnnc56)c(C(F)F)cc43)nn2C2CCOCC2)C1. The highest BCUT2D eigenvalue weighted by molar-refractivity contribution is 6.35. The molecule has 3 aliphatic rings. The molecule has 0 spiro atoms. The van der Waals surface area contributed by atoms with E-state index in [2.05, 4.69) is 19.8 Å². The Morgan fingerprint density at radius 3 is 2.61 bits per heavy atom. The molecule has 0 N–H and O–H groups in total. The van der Waals surface area contributed by atoms with E-state index in [0.717, 1.165) is 36.1 Å². The molecule has 0 unspecified atom stereocenters. The number of ether oxygens (including phenoxy) is 2. The van der Waals surface area contributed by atoms with Crippen LogP contribution in [0.15, 0.2) is 24.5 Å². The molecule has 1 amide bonds. The zero-order valence-corrected chi connectivity index (χ0v) is 28.9. The fraction of sp³-hybridized carbons (Fsp3) is 0.514. The predicted molar refractivity (Wildman–Crippen MR) is 180 cm³/mol. The summed E-state index contributed by atoms with van der Waals surface area (Å²) in [5.74, 6) is 0.215. The van der Waals surface area contributed by atoms with E-state index in [1.54, 1.807) is 44.5 Å². The molecule has 0 atom stereocenters. The number of esters is 1. The van der Waals surface area contributed by atoms with Crippen LogP contribution in [0.4, 0.5) is 20.3 Å². The molecule has 49 heavy (non-hydrogen) atoms. The third-order valence-electron chi connectivity index (χ3n) is 9.52. The Morgan fingerprint density at radius 1 is 1.12 bits per heavy atom. The van der Waals surface area contributed by atoms with Crippen LogP contribution in [-0.2, 0) is 45.0 Å². The summed E-state index contributed by atoms with van der Waals surface area (Å²) in [4.78, 5) is 29.2. The first-order chi connectivity index (χ1) is 23.4. The van der Waals surface area contributed by atoms with Gasteiger partial charge in [-0.2, -0.15) is 10.2 Å². The van der Waals surface area contributed by atoms with Gasteiger partial charge in [0.25, 0.3) is 6.43 Å². The molecule has 0 aliphatic carbocycles. The highest BCUT2D eigenvalue weighted by atomic mass is 35.5. The number of amides is 1. The molecule has 0 saturated carbocycles. The number of carbonyl (C=O) groups is 2. The van der Waals surface area contributed by atoms with Crippen molar-refractivity contribution < 1.29 is 27.8 Å². The van der Waals surface area contributed by atoms with Gasteiger partial charge in [-0.05, 0) is 69.7 Å². The van der Waals surface area contributed by atoms with Gasteiger partial charge in [0.1, 0.15) is 17.7 Å². The zero-order chi connectivity index (χ0) is 34.6. The van der Waals surface area contributed by atoms with Crippen LogP contribution in [0.25, 0.3) is 22.2 Å². The molecule has 6 heterocycles. The number of nitrogens with zero attached hydrogens (tertiary/aromatic N) is 7. The highest BCUT2D eigenvalue weighted by Crippen LogP contribution is 2.45. The molecule has 11 nitrogen and oxygen atoms in total. The number of benzene rings is 1. The van der Waals surface area contributed by atoms with E-state index in [1.807, 2.05) is 11.0 Å². The van der Waals surface area contributed by atoms with Crippen molar-refractivity contribution in [2.45, 2.75) is 91.0 Å². The first-order valence-corrected chi connectivity index (χ1v) is 17.2. The van der Waals surface area contributed by atoms with Crippen LogP contribution in [0.1, 0.15) is 81.8 Å². The van der Waals surface area contributed by atoms with Crippen molar-refractivity contribution in [2.24, 2.45) is 0 Å². The number of anilines is 2. The first kappa shape index (κ1) is 33.4. The van der Waals surface area contributed by atoms with Crippen molar-refractivity contribution in [1.29, 1.82) is 0 Å². The van der Waals surface area contributed by atoms with Crippen LogP contribution in [0, 0.1) is 0 Å². The average molecular weight is 696 g/mol. The van der Waals surface area contributed by atoms with Crippen LogP contribution >= 0.6 is 11.6 Å². The number of halogens is 3. The Hall–Kier alpha value is -4.10. The third-order valence-corrected chi connectivity index (χ3v) is 9.80. The van der Waals surface area contributed by atoms with E-state index in [4.69, 9.17) is 26.2 Å². The number of rotatable bonds is 6. The average Bonchev–Trinajstić information content (AvgIpc) is 3.62. The molecule has 14 heteroatoms. The summed E-state index contributed by atoms with van der Waals surface area (Å²) in [6, 6.07) is 3.55. The van der Waals surface area contributed by atoms with E-state index >= 15 is 8.78 Å². The Bertz CT molecular complexity index is 1930. The highest BCUT2D eigenvalue weighted by Gasteiger charge is 2.34. The second-order valence-electron chi connectivity index (χ2n) is 14.0. The number of hydrogen-bond acceptors (Lipinski definition) is 8. The van der Waals surface area contributed by atoms with E-state index in [1.165, 1.54) is 6.20 Å². The number of carbonyl (C=O) groups excluding carboxylic acids is 2. The van der Waals surface area contributed by atoms with Gasteiger partial charge in [0, 0.05) is 73.9 Å². The normalized spacial score (nSPS) is 17.1. The van der Waals surface area contributed by atoms with Crippen molar-refractivity contribution >= 4 is 46.0 Å². The minimum absolute atomic E-state index is 0.00637. The maximum atomic E-state index is 15.1. The third kappa shape index (κ3) is 6.38. The fourth-order valence-corrected chi connectivity index (χ4v) is 7.60. The summed E-state index contributed by atoms with van der Waals surface area (Å²) < 4.78 is 45.1. The second-order valence-corrected chi connectivity index (χ2v) is 14.4. The number of aryl methyl sites for hydroxylation is 1. The quantitative estimate of drug-likeness (QED) is 0.209. The molecular weight excluding hydrogens is 656 g/mol. The molecule has 260 valence electrons. The van der Waals surface area contributed by atoms with Crippen molar-refractivity contribution in [2.75, 3.05) is 31.2 Å². The van der Waals surface area contributed by atoms with E-state index in [-0.39, 0.29) is 29.1 Å². The van der Waals surface area contributed by atoms with Crippen molar-refractivity contribution in [3.05, 3.63) is 51.9 Å². The Balaban J connectivity index is 1.34. The monoisotopic (exact) mass is 695 g/mol. The second kappa shape index (κ2) is 13.0. The molecule has 1 saturated heterocycles. The van der Waals surface area contributed by atoms with Gasteiger partial charge in [0.15, 0.2) is 5.82 Å². The topological polar surface area (TPSA) is 108 Å². The van der Waals surface area contributed by atoms with Crippen molar-refractivity contribution in [3.8, 4) is 11.1 Å². The molecular formula is C35H40ClF2N7O4. The Morgan fingerprint density at radius 2 is 1.90 bits per heavy atom. The molecule has 0 radical (unpaired) electrons. The standard InChI is InChI=1S/C35H40ClF2N7O4/c1-20(46)42-11-7-28-26(18-42)34(41-45(28)22-8-12-48-13-9-22)44-10-5-6-21-14-23(24(33(37)38)15-29(21)44)25-17-43(19-30(47)49-35(2,3)4)32-27(36)16-39-40-31(25)32/h14-17,22,33H,5-13,18-19H2,1-4H3. The van der Waals surface area contributed by atoms with Gasteiger partial charge >= 0.3 is 5.97 Å². The molecule has 4 aromatic rings. The minimum atomic E-state index is -2.82. The Labute approximate surface area is 288 Å². The summed E-state index contributed by atoms with van der Waals surface area (Å²) in [5.41, 5.74) is 4.20. The predicted octanol–water partition coefficient (Wildman–Crippen LogP) is 6.57. The number of aromatic nitrogens is 5. The number of fused-ring (bicyclic) bond motifs is 3. The zero-order valence-electron chi connectivity index (χ0n) is 28.1. The summed E-state index contributed by atoms with van der Waals surface area (Å²) in [6.07, 6.45) is 3.99. The van der Waals surface area contributed by atoms with Gasteiger partial charge in [-0.15, -0.1) is 5.10 Å². The van der Waals surface area contributed by atoms with E-state index in [0.29, 0.717) is 79.4 Å². The van der Waals surface area contributed by atoms with Crippen LogP contribution in [0.3, 0.4) is 0 Å². The van der Waals surface area contributed by atoms with Crippen LogP contribution in [0.5, 0.6) is 0 Å². The van der Waals surface area contributed by atoms with Crippen LogP contribution in [0.2, 0.25) is 5.02 Å². The van der Waals surface area contributed by atoms with Gasteiger partial charge < -0.3 is 23.8 Å². The molecule has 1 fully saturated rings. The summed E-state index contributed by atoms with van der Waals surface area (Å²) >= 11 is 6.56. The van der Waals surface area contributed by atoms with Crippen molar-refractivity contribution in [3.63, 3.8) is 0 Å². The summed E-state index contributed by atoms with van der Waals surface area (Å²) in [6.45, 7) is 9.67. The maximum Gasteiger partial charge on any atom is 0.326 e. The minimum Gasteiger partial charge on any atom is -0.459 e. The fourth-order valence-electron chi connectivity index (χ4n) is 7.36. The Kier molecular flexibility index (Phi) is 8.85. The van der Waals surface area contributed by atoms with E-state index < -0.39 is 18.0 Å². The van der Waals surface area contributed by atoms with Crippen LogP contribution in [-0.4, -0.2) is 73.2 Å². The van der Waals surface area contributed by atoms with Gasteiger partial charge in [-0.1, -0.05) is 11.6 Å². The molecule has 7 rings (SSSR count). The molecule has 3 aliphatic heterocycles. The number of hydrogen-bond donors (Lipinski definition) is 0. The summed E-state index contributed by atoms with van der Waals surface area (Å²) in [5, 5.41) is 13.7. The smallest absolute Gasteiger partial charge is 0.326 e. The lowest BCUT2D eigenvalue weighted by molar-refractivity contribution is -0.155. The lowest BCUT2D eigenvalue weighted by Crippen LogP contribution is -2.36. The van der Waals surface area contributed by atoms with Gasteiger partial charge in [0.05, 0.1) is 29.3 Å². The van der Waals surface area contributed by atoms with Gasteiger partial charge in [-0.3, -0.25) is 14.3 Å². The van der Waals surface area contributed by atoms with Crippen molar-refractivity contribution in [1.82, 2.24) is 29.4 Å². The molecule has 1 aromatic carbocycles. The van der Waals surface area contributed by atoms with Gasteiger partial charge in [0.2, 0.25) is 5.91 Å². The maximum absolute atomic E-state index is 15.1. The molecule has 3 aromatic heterocycles. The first-order valence-electron chi connectivity index (χ1n) is 16.8. The molecule has 0 bridgehead atoms. The lowest BCUT2D eigenvalue weighted by atomic mass is 9.92. The lowest BCUT2D eigenvalue weighted by Gasteiger charge is -2.33. The largest absolute Gasteiger partial charge is 0.459 e. The summed E-state index contributed by atoms with van der Waals surface area (Å²) in [7, 11) is 0. The van der Waals surface area contributed by atoms with Crippen LogP contribution < -0.4 is 4.90 Å².